The van der Waals surface area contributed by atoms with Crippen molar-refractivity contribution in [2.75, 3.05) is 13.7 Å². The van der Waals surface area contributed by atoms with Gasteiger partial charge in [0.05, 0.1) is 25.9 Å². The van der Waals surface area contributed by atoms with Gasteiger partial charge in [-0.05, 0) is 39.5 Å². The lowest BCUT2D eigenvalue weighted by Gasteiger charge is -2.40. The molecule has 0 bridgehead atoms. The van der Waals surface area contributed by atoms with Gasteiger partial charge in [0.25, 0.3) is 0 Å². The number of esters is 1. The smallest absolute Gasteiger partial charge is 0.338 e. The average Bonchev–Trinajstić information content (AvgIpc) is 2.77. The summed E-state index contributed by atoms with van der Waals surface area (Å²) >= 11 is 0. The number of rotatable bonds is 5. The topological polar surface area (TPSA) is 54.0 Å². The van der Waals surface area contributed by atoms with Crippen molar-refractivity contribution in [3.05, 3.63) is 12.7 Å². The van der Waals surface area contributed by atoms with Crippen LogP contribution in [0.4, 0.5) is 0 Å². The second-order valence-electron chi connectivity index (χ2n) is 6.30. The van der Waals surface area contributed by atoms with Gasteiger partial charge >= 0.3 is 5.97 Å². The maximum absolute atomic E-state index is 12.3. The van der Waals surface area contributed by atoms with E-state index in [4.69, 9.17) is 18.9 Å². The van der Waals surface area contributed by atoms with E-state index in [1.54, 1.807) is 0 Å². The normalized spacial score (nSPS) is 35.4. The monoisotopic (exact) mass is 298 g/mol. The molecule has 0 aromatic carbocycles. The number of hydrogen-bond donors (Lipinski definition) is 0. The van der Waals surface area contributed by atoms with E-state index in [1.807, 2.05) is 19.9 Å². The molecule has 2 rings (SSSR count). The minimum Gasteiger partial charge on any atom is -0.467 e. The third kappa shape index (κ3) is 3.84. The van der Waals surface area contributed by atoms with Crippen LogP contribution in [0.3, 0.4) is 0 Å². The molecular formula is C16H26O5. The summed E-state index contributed by atoms with van der Waals surface area (Å²) in [5.41, 5.74) is -0.922. The fraction of sp³-hybridized carbons (Fsp3) is 0.812. The molecule has 2 aliphatic rings. The van der Waals surface area contributed by atoms with Gasteiger partial charge in [-0.25, -0.2) is 4.79 Å². The van der Waals surface area contributed by atoms with Crippen LogP contribution in [-0.4, -0.2) is 43.3 Å². The van der Waals surface area contributed by atoms with Crippen LogP contribution in [0.15, 0.2) is 12.7 Å². The predicted octanol–water partition coefficient (Wildman–Crippen LogP) is 2.59. The molecule has 2 aliphatic heterocycles. The molecular weight excluding hydrogens is 272 g/mol. The molecule has 2 heterocycles. The maximum Gasteiger partial charge on any atom is 0.338 e. The zero-order valence-corrected chi connectivity index (χ0v) is 13.2. The Morgan fingerprint density at radius 2 is 2.14 bits per heavy atom. The first-order valence-electron chi connectivity index (χ1n) is 7.60. The van der Waals surface area contributed by atoms with Crippen molar-refractivity contribution < 1.29 is 23.7 Å². The minimum atomic E-state index is -0.922. The van der Waals surface area contributed by atoms with Gasteiger partial charge in [-0.15, -0.1) is 6.58 Å². The Morgan fingerprint density at radius 3 is 2.71 bits per heavy atom. The summed E-state index contributed by atoms with van der Waals surface area (Å²) in [6, 6.07) is 0. The fourth-order valence-electron chi connectivity index (χ4n) is 3.21. The number of ether oxygens (including phenoxy) is 4. The molecule has 5 heteroatoms. The van der Waals surface area contributed by atoms with Gasteiger partial charge in [-0.1, -0.05) is 6.08 Å². The third-order valence-corrected chi connectivity index (χ3v) is 4.11. The molecule has 0 radical (unpaired) electrons. The first-order chi connectivity index (χ1) is 9.91. The fourth-order valence-corrected chi connectivity index (χ4v) is 3.21. The molecule has 21 heavy (non-hydrogen) atoms. The molecule has 3 atom stereocenters. The molecule has 5 nitrogen and oxygen atoms in total. The van der Waals surface area contributed by atoms with E-state index in [1.165, 1.54) is 7.11 Å². The number of carbonyl (C=O) groups is 1. The molecule has 2 saturated heterocycles. The molecule has 0 N–H and O–H groups in total. The Bertz CT molecular complexity index is 392. The van der Waals surface area contributed by atoms with Crippen LogP contribution in [0.2, 0.25) is 0 Å². The third-order valence-electron chi connectivity index (χ3n) is 4.11. The van der Waals surface area contributed by atoms with Crippen molar-refractivity contribution in [1.82, 2.24) is 0 Å². The minimum absolute atomic E-state index is 0.0191. The van der Waals surface area contributed by atoms with Crippen molar-refractivity contribution in [2.24, 2.45) is 0 Å². The van der Waals surface area contributed by atoms with Gasteiger partial charge in [-0.2, -0.15) is 0 Å². The predicted molar refractivity (Wildman–Crippen MR) is 77.8 cm³/mol. The zero-order valence-electron chi connectivity index (χ0n) is 13.2. The highest BCUT2D eigenvalue weighted by Crippen LogP contribution is 2.38. The first kappa shape index (κ1) is 16.5. The van der Waals surface area contributed by atoms with Crippen LogP contribution < -0.4 is 0 Å². The van der Waals surface area contributed by atoms with Crippen molar-refractivity contribution in [1.29, 1.82) is 0 Å². The number of methoxy groups -OCH3 is 1. The molecule has 0 saturated carbocycles. The molecule has 2 fully saturated rings. The lowest BCUT2D eigenvalue weighted by atomic mass is 9.86. The molecule has 0 aliphatic carbocycles. The van der Waals surface area contributed by atoms with E-state index in [2.05, 4.69) is 6.58 Å². The van der Waals surface area contributed by atoms with Gasteiger partial charge in [0.2, 0.25) is 0 Å². The van der Waals surface area contributed by atoms with E-state index < -0.39 is 11.4 Å². The van der Waals surface area contributed by atoms with E-state index in [-0.39, 0.29) is 18.2 Å². The van der Waals surface area contributed by atoms with Gasteiger partial charge in [0, 0.05) is 6.42 Å². The van der Waals surface area contributed by atoms with Crippen LogP contribution in [0.5, 0.6) is 0 Å². The highest BCUT2D eigenvalue weighted by molar-refractivity contribution is 5.79. The van der Waals surface area contributed by atoms with E-state index >= 15 is 0 Å². The summed E-state index contributed by atoms with van der Waals surface area (Å²) in [6.07, 6.45) is 5.45. The second-order valence-corrected chi connectivity index (χ2v) is 6.30. The SMILES string of the molecule is C=CC[C@H]1CCC[C@](C[C@@H]2COC(C)(C)O2)(C(=O)OC)O1. The Kier molecular flexibility index (Phi) is 5.07. The summed E-state index contributed by atoms with van der Waals surface area (Å²) in [6.45, 7) is 7.97. The number of carbonyl (C=O) groups excluding carboxylic acids is 1. The van der Waals surface area contributed by atoms with Gasteiger partial charge in [0.15, 0.2) is 11.4 Å². The molecule has 0 aromatic rings. The molecule has 0 amide bonds. The van der Waals surface area contributed by atoms with Crippen LogP contribution in [0.1, 0.15) is 46.0 Å². The second kappa shape index (κ2) is 6.46. The summed E-state index contributed by atoms with van der Waals surface area (Å²) in [5, 5.41) is 0. The molecule has 0 spiro atoms. The zero-order chi connectivity index (χ0) is 15.5. The van der Waals surface area contributed by atoms with Crippen molar-refractivity contribution in [3.8, 4) is 0 Å². The Morgan fingerprint density at radius 1 is 1.38 bits per heavy atom. The van der Waals surface area contributed by atoms with E-state index in [0.717, 1.165) is 19.3 Å². The van der Waals surface area contributed by atoms with Gasteiger partial charge in [0.1, 0.15) is 0 Å². The molecule has 120 valence electrons. The van der Waals surface area contributed by atoms with Crippen LogP contribution in [0, 0.1) is 0 Å². The Hall–Kier alpha value is -0.910. The lowest BCUT2D eigenvalue weighted by molar-refractivity contribution is -0.198. The largest absolute Gasteiger partial charge is 0.467 e. The quantitative estimate of drug-likeness (QED) is 0.577. The van der Waals surface area contributed by atoms with Gasteiger partial charge < -0.3 is 18.9 Å². The van der Waals surface area contributed by atoms with E-state index in [0.29, 0.717) is 19.4 Å². The summed E-state index contributed by atoms with van der Waals surface area (Å²) in [4.78, 5) is 12.3. The van der Waals surface area contributed by atoms with Crippen LogP contribution >= 0.6 is 0 Å². The highest BCUT2D eigenvalue weighted by atomic mass is 16.7. The standard InChI is InChI=1S/C16H26O5/c1-5-7-12-8-6-9-16(21-12,14(17)18-4)10-13-11-19-15(2,3)20-13/h5,12-13H,1,6-11H2,2-4H3/t12-,13+,16-/m0/s1. The Labute approximate surface area is 126 Å². The van der Waals surface area contributed by atoms with Crippen molar-refractivity contribution in [2.45, 2.75) is 69.5 Å². The average molecular weight is 298 g/mol. The first-order valence-corrected chi connectivity index (χ1v) is 7.60. The number of hydrogen-bond acceptors (Lipinski definition) is 5. The molecule has 0 unspecified atom stereocenters. The highest BCUT2D eigenvalue weighted by Gasteiger charge is 2.48. The van der Waals surface area contributed by atoms with Crippen LogP contribution in [0.25, 0.3) is 0 Å². The van der Waals surface area contributed by atoms with Crippen molar-refractivity contribution in [3.63, 3.8) is 0 Å². The van der Waals surface area contributed by atoms with Crippen molar-refractivity contribution >= 4 is 5.97 Å². The molecule has 0 aromatic heterocycles. The van der Waals surface area contributed by atoms with Crippen LogP contribution in [-0.2, 0) is 23.7 Å². The Balaban J connectivity index is 2.10. The summed E-state index contributed by atoms with van der Waals surface area (Å²) in [7, 11) is 1.40. The maximum atomic E-state index is 12.3. The van der Waals surface area contributed by atoms with Gasteiger partial charge in [-0.3, -0.25) is 0 Å². The lowest BCUT2D eigenvalue weighted by Crippen LogP contribution is -2.50. The van der Waals surface area contributed by atoms with E-state index in [9.17, 15) is 4.79 Å². The summed E-state index contributed by atoms with van der Waals surface area (Å²) < 4.78 is 22.5. The summed E-state index contributed by atoms with van der Waals surface area (Å²) in [5.74, 6) is -0.915.